The molecule has 1 atom stereocenters. The molecule has 1 aliphatic heterocycles. The predicted octanol–water partition coefficient (Wildman–Crippen LogP) is 4.71. The summed E-state index contributed by atoms with van der Waals surface area (Å²) < 4.78 is 5.53. The molecular weight excluding hydrogens is 422 g/mol. The second kappa shape index (κ2) is 9.82. The monoisotopic (exact) mass is 455 g/mol. The molecule has 0 bridgehead atoms. The molecular formula is C28H33N5O. The second-order valence-corrected chi connectivity index (χ2v) is 9.58. The van der Waals surface area contributed by atoms with E-state index in [4.69, 9.17) is 14.7 Å². The standard InChI is InChI=1S/C28H33N5O/c1-2-9-24-22(8-1)23-11-13-29-25(28(23)31-24)20-33(15-5-14-32-16-18-34-19-17-32)26-10-3-6-21-7-4-12-30-27(21)26/h1-2,4,7-9,11-13,26,31H,3,5-6,10,14-20H2. The van der Waals surface area contributed by atoms with Crippen LogP contribution in [-0.4, -0.2) is 64.1 Å². The van der Waals surface area contributed by atoms with Crippen molar-refractivity contribution in [2.45, 2.75) is 38.3 Å². The van der Waals surface area contributed by atoms with Crippen molar-refractivity contribution in [2.75, 3.05) is 39.4 Å². The number of ether oxygens (including phenoxy) is 1. The minimum Gasteiger partial charge on any atom is -0.379 e. The lowest BCUT2D eigenvalue weighted by Crippen LogP contribution is -2.39. The molecule has 6 rings (SSSR count). The van der Waals surface area contributed by atoms with E-state index < -0.39 is 0 Å². The highest BCUT2D eigenvalue weighted by atomic mass is 16.5. The summed E-state index contributed by atoms with van der Waals surface area (Å²) in [6.45, 7) is 6.79. The van der Waals surface area contributed by atoms with Crippen LogP contribution in [-0.2, 0) is 17.7 Å². The molecule has 1 N–H and O–H groups in total. The summed E-state index contributed by atoms with van der Waals surface area (Å²) in [5.74, 6) is 0. The van der Waals surface area contributed by atoms with Crippen molar-refractivity contribution < 1.29 is 4.74 Å². The summed E-state index contributed by atoms with van der Waals surface area (Å²) in [6, 6.07) is 15.4. The molecule has 1 aliphatic carbocycles. The van der Waals surface area contributed by atoms with E-state index in [-0.39, 0.29) is 0 Å². The molecule has 0 radical (unpaired) electrons. The number of rotatable bonds is 7. The van der Waals surface area contributed by atoms with Gasteiger partial charge in [0.1, 0.15) is 0 Å². The van der Waals surface area contributed by atoms with Gasteiger partial charge < -0.3 is 9.72 Å². The summed E-state index contributed by atoms with van der Waals surface area (Å²) in [5, 5.41) is 2.53. The Hall–Kier alpha value is -2.80. The van der Waals surface area contributed by atoms with E-state index in [0.717, 1.165) is 70.9 Å². The van der Waals surface area contributed by atoms with Crippen LogP contribution in [0.5, 0.6) is 0 Å². The van der Waals surface area contributed by atoms with E-state index in [0.29, 0.717) is 6.04 Å². The van der Waals surface area contributed by atoms with Crippen molar-refractivity contribution in [3.05, 3.63) is 71.8 Å². The van der Waals surface area contributed by atoms with E-state index >= 15 is 0 Å². The predicted molar refractivity (Wildman–Crippen MR) is 136 cm³/mol. The van der Waals surface area contributed by atoms with Crippen LogP contribution >= 0.6 is 0 Å². The fraction of sp³-hybridized carbons (Fsp3) is 0.429. The van der Waals surface area contributed by atoms with Crippen LogP contribution in [0.3, 0.4) is 0 Å². The highest BCUT2D eigenvalue weighted by molar-refractivity contribution is 6.07. The number of benzene rings is 1. The molecule has 0 spiro atoms. The van der Waals surface area contributed by atoms with E-state index in [1.807, 2.05) is 12.4 Å². The van der Waals surface area contributed by atoms with Crippen LogP contribution in [0.15, 0.2) is 54.9 Å². The highest BCUT2D eigenvalue weighted by Crippen LogP contribution is 2.35. The van der Waals surface area contributed by atoms with Crippen molar-refractivity contribution >= 4 is 21.8 Å². The SMILES string of the molecule is c1cnc2c(c1)CCCC2N(CCCN1CCOCC1)Cc1nccc2c1[nH]c1ccccc12. The van der Waals surface area contributed by atoms with Gasteiger partial charge in [-0.2, -0.15) is 0 Å². The summed E-state index contributed by atoms with van der Waals surface area (Å²) in [7, 11) is 0. The number of H-pyrrole nitrogens is 1. The number of hydrogen-bond acceptors (Lipinski definition) is 5. The first-order chi connectivity index (χ1) is 16.9. The average Bonchev–Trinajstić information content (AvgIpc) is 3.28. The van der Waals surface area contributed by atoms with Gasteiger partial charge in [0, 0.05) is 54.9 Å². The fourth-order valence-electron chi connectivity index (χ4n) is 5.75. The quantitative estimate of drug-likeness (QED) is 0.437. The number of aryl methyl sites for hydroxylation is 1. The maximum absolute atomic E-state index is 5.53. The molecule has 3 aromatic heterocycles. The van der Waals surface area contributed by atoms with E-state index in [2.05, 4.69) is 57.2 Å². The Balaban J connectivity index is 1.30. The van der Waals surface area contributed by atoms with Gasteiger partial charge in [0.05, 0.1) is 36.2 Å². The number of hydrogen-bond donors (Lipinski definition) is 1. The third kappa shape index (κ3) is 4.33. The van der Waals surface area contributed by atoms with E-state index in [1.165, 1.54) is 39.5 Å². The Morgan fingerprint density at radius 2 is 1.91 bits per heavy atom. The lowest BCUT2D eigenvalue weighted by atomic mass is 9.90. The van der Waals surface area contributed by atoms with Gasteiger partial charge in [0.25, 0.3) is 0 Å². The van der Waals surface area contributed by atoms with Gasteiger partial charge in [-0.15, -0.1) is 0 Å². The van der Waals surface area contributed by atoms with Crippen molar-refractivity contribution in [1.82, 2.24) is 24.8 Å². The Kier molecular flexibility index (Phi) is 6.27. The first-order valence-corrected chi connectivity index (χ1v) is 12.7. The molecule has 34 heavy (non-hydrogen) atoms. The molecule has 1 aromatic carbocycles. The zero-order valence-electron chi connectivity index (χ0n) is 19.7. The number of pyridine rings is 2. The van der Waals surface area contributed by atoms with Crippen LogP contribution in [0, 0.1) is 0 Å². The Bertz CT molecular complexity index is 1260. The lowest BCUT2D eigenvalue weighted by Gasteiger charge is -2.35. The number of fused-ring (bicyclic) bond motifs is 4. The molecule has 1 unspecified atom stereocenters. The zero-order chi connectivity index (χ0) is 22.7. The second-order valence-electron chi connectivity index (χ2n) is 9.58. The number of aromatic nitrogens is 3. The maximum atomic E-state index is 5.53. The molecule has 2 aliphatic rings. The molecule has 0 saturated carbocycles. The van der Waals surface area contributed by atoms with Gasteiger partial charge in [0.2, 0.25) is 0 Å². The number of morpholine rings is 1. The first-order valence-electron chi connectivity index (χ1n) is 12.7. The van der Waals surface area contributed by atoms with Gasteiger partial charge in [-0.3, -0.25) is 19.8 Å². The molecule has 6 heteroatoms. The average molecular weight is 456 g/mol. The minimum absolute atomic E-state index is 0.344. The summed E-state index contributed by atoms with van der Waals surface area (Å²) in [4.78, 5) is 18.6. The lowest BCUT2D eigenvalue weighted by molar-refractivity contribution is 0.0348. The Morgan fingerprint density at radius 3 is 2.85 bits per heavy atom. The van der Waals surface area contributed by atoms with E-state index in [9.17, 15) is 0 Å². The Morgan fingerprint density at radius 1 is 1.00 bits per heavy atom. The molecule has 4 aromatic rings. The van der Waals surface area contributed by atoms with E-state index in [1.54, 1.807) is 0 Å². The van der Waals surface area contributed by atoms with Gasteiger partial charge in [-0.25, -0.2) is 0 Å². The first kappa shape index (κ1) is 21.7. The normalized spacial score (nSPS) is 19.1. The van der Waals surface area contributed by atoms with Gasteiger partial charge in [-0.05, 0) is 56.0 Å². The van der Waals surface area contributed by atoms with Gasteiger partial charge >= 0.3 is 0 Å². The van der Waals surface area contributed by atoms with Gasteiger partial charge in [-0.1, -0.05) is 24.3 Å². The van der Waals surface area contributed by atoms with Crippen LogP contribution < -0.4 is 0 Å². The molecule has 1 saturated heterocycles. The van der Waals surface area contributed by atoms with Crippen molar-refractivity contribution in [2.24, 2.45) is 0 Å². The maximum Gasteiger partial charge on any atom is 0.0784 e. The van der Waals surface area contributed by atoms with Crippen LogP contribution in [0.1, 0.15) is 42.3 Å². The third-order valence-electron chi connectivity index (χ3n) is 7.49. The molecule has 176 valence electrons. The van der Waals surface area contributed by atoms with Crippen LogP contribution in [0.2, 0.25) is 0 Å². The van der Waals surface area contributed by atoms with Crippen LogP contribution in [0.4, 0.5) is 0 Å². The fourth-order valence-corrected chi connectivity index (χ4v) is 5.75. The van der Waals surface area contributed by atoms with Crippen LogP contribution in [0.25, 0.3) is 21.8 Å². The zero-order valence-corrected chi connectivity index (χ0v) is 19.7. The molecule has 6 nitrogen and oxygen atoms in total. The Labute approximate surface area is 201 Å². The summed E-state index contributed by atoms with van der Waals surface area (Å²) in [6.07, 6.45) is 8.58. The number of para-hydroxylation sites is 1. The number of nitrogens with zero attached hydrogens (tertiary/aromatic N) is 4. The highest BCUT2D eigenvalue weighted by Gasteiger charge is 2.28. The van der Waals surface area contributed by atoms with Crippen molar-refractivity contribution in [3.63, 3.8) is 0 Å². The smallest absolute Gasteiger partial charge is 0.0784 e. The molecule has 0 amide bonds. The number of nitrogens with one attached hydrogen (secondary N) is 1. The number of aromatic amines is 1. The third-order valence-corrected chi connectivity index (χ3v) is 7.49. The topological polar surface area (TPSA) is 57.3 Å². The molecule has 4 heterocycles. The largest absolute Gasteiger partial charge is 0.379 e. The summed E-state index contributed by atoms with van der Waals surface area (Å²) in [5.41, 5.74) is 6.15. The van der Waals surface area contributed by atoms with Gasteiger partial charge in [0.15, 0.2) is 0 Å². The molecule has 1 fully saturated rings. The van der Waals surface area contributed by atoms with Crippen molar-refractivity contribution in [1.29, 1.82) is 0 Å². The van der Waals surface area contributed by atoms with Crippen molar-refractivity contribution in [3.8, 4) is 0 Å². The summed E-state index contributed by atoms with van der Waals surface area (Å²) >= 11 is 0. The minimum atomic E-state index is 0.344.